The van der Waals surface area contributed by atoms with Gasteiger partial charge in [0.25, 0.3) is 0 Å². The van der Waals surface area contributed by atoms with Crippen LogP contribution in [0, 0.1) is 0 Å². The summed E-state index contributed by atoms with van der Waals surface area (Å²) in [5, 5.41) is 0. The molecule has 70 valence electrons. The molecule has 0 bridgehead atoms. The van der Waals surface area contributed by atoms with Crippen LogP contribution in [0.15, 0.2) is 0 Å². The quantitative estimate of drug-likeness (QED) is 0.589. The maximum absolute atomic E-state index is 11.1. The highest BCUT2D eigenvalue weighted by molar-refractivity contribution is 5.74. The molecule has 1 rings (SSSR count). The summed E-state index contributed by atoms with van der Waals surface area (Å²) in [7, 11) is 1.70. The van der Waals surface area contributed by atoms with E-state index in [0.717, 1.165) is 13.0 Å². The van der Waals surface area contributed by atoms with E-state index >= 15 is 0 Å². The van der Waals surface area contributed by atoms with Gasteiger partial charge in [-0.2, -0.15) is 0 Å². The Hall–Kier alpha value is -0.570. The summed E-state index contributed by atoms with van der Waals surface area (Å²) in [5.41, 5.74) is -0.134. The van der Waals surface area contributed by atoms with E-state index in [2.05, 4.69) is 6.92 Å². The minimum Gasteiger partial charge on any atom is -0.377 e. The molecular formula is C9H17NO2. The molecule has 1 heterocycles. The van der Waals surface area contributed by atoms with Gasteiger partial charge >= 0.3 is 0 Å². The SMILES string of the molecule is COC1(C)CC(C)N(C(C)=O)C1. The summed E-state index contributed by atoms with van der Waals surface area (Å²) in [6.45, 7) is 6.44. The summed E-state index contributed by atoms with van der Waals surface area (Å²) in [6, 6.07) is 0.312. The van der Waals surface area contributed by atoms with Crippen LogP contribution in [0.25, 0.3) is 0 Å². The molecule has 3 heteroatoms. The lowest BCUT2D eigenvalue weighted by Gasteiger charge is -2.22. The van der Waals surface area contributed by atoms with Crippen LogP contribution < -0.4 is 0 Å². The number of rotatable bonds is 1. The first-order chi connectivity index (χ1) is 5.48. The molecule has 0 aromatic carbocycles. The second kappa shape index (κ2) is 3.05. The van der Waals surface area contributed by atoms with Gasteiger partial charge < -0.3 is 9.64 Å². The van der Waals surface area contributed by atoms with Gasteiger partial charge in [0.2, 0.25) is 5.91 Å². The van der Waals surface area contributed by atoms with Crippen LogP contribution >= 0.6 is 0 Å². The predicted octanol–water partition coefficient (Wildman–Crippen LogP) is 1.03. The van der Waals surface area contributed by atoms with Crippen molar-refractivity contribution in [3.05, 3.63) is 0 Å². The monoisotopic (exact) mass is 171 g/mol. The Morgan fingerprint density at radius 2 is 2.25 bits per heavy atom. The molecule has 0 aliphatic carbocycles. The van der Waals surface area contributed by atoms with Crippen molar-refractivity contribution in [1.82, 2.24) is 4.90 Å². The van der Waals surface area contributed by atoms with Gasteiger partial charge in [0.1, 0.15) is 0 Å². The minimum absolute atomic E-state index is 0.134. The van der Waals surface area contributed by atoms with Crippen LogP contribution in [0.5, 0.6) is 0 Å². The van der Waals surface area contributed by atoms with E-state index in [1.807, 2.05) is 11.8 Å². The highest BCUT2D eigenvalue weighted by Gasteiger charge is 2.39. The molecule has 0 N–H and O–H groups in total. The number of likely N-dealkylation sites (tertiary alicyclic amines) is 1. The van der Waals surface area contributed by atoms with Crippen LogP contribution in [0.2, 0.25) is 0 Å². The molecule has 12 heavy (non-hydrogen) atoms. The van der Waals surface area contributed by atoms with Crippen molar-refractivity contribution < 1.29 is 9.53 Å². The first-order valence-corrected chi connectivity index (χ1v) is 4.31. The maximum atomic E-state index is 11.1. The van der Waals surface area contributed by atoms with E-state index in [-0.39, 0.29) is 11.5 Å². The maximum Gasteiger partial charge on any atom is 0.219 e. The zero-order chi connectivity index (χ0) is 9.35. The van der Waals surface area contributed by atoms with E-state index in [1.165, 1.54) is 0 Å². The number of hydrogen-bond acceptors (Lipinski definition) is 2. The molecule has 1 saturated heterocycles. The Kier molecular flexibility index (Phi) is 2.42. The van der Waals surface area contributed by atoms with Gasteiger partial charge in [-0.3, -0.25) is 4.79 Å². The van der Waals surface area contributed by atoms with Gasteiger partial charge in [-0.25, -0.2) is 0 Å². The van der Waals surface area contributed by atoms with Crippen molar-refractivity contribution in [3.63, 3.8) is 0 Å². The molecule has 0 radical (unpaired) electrons. The molecule has 1 fully saturated rings. The van der Waals surface area contributed by atoms with Crippen molar-refractivity contribution in [2.24, 2.45) is 0 Å². The molecule has 0 aromatic heterocycles. The number of hydrogen-bond donors (Lipinski definition) is 0. The number of methoxy groups -OCH3 is 1. The first-order valence-electron chi connectivity index (χ1n) is 4.31. The molecule has 2 unspecified atom stereocenters. The first kappa shape index (κ1) is 9.52. The van der Waals surface area contributed by atoms with E-state index in [0.29, 0.717) is 6.04 Å². The number of nitrogens with zero attached hydrogens (tertiary/aromatic N) is 1. The summed E-state index contributed by atoms with van der Waals surface area (Å²) in [4.78, 5) is 13.0. The standard InChI is InChI=1S/C9H17NO2/c1-7-5-9(3,12-4)6-10(7)8(2)11/h7H,5-6H2,1-4H3. The topological polar surface area (TPSA) is 29.5 Å². The Bertz CT molecular complexity index is 193. The molecule has 1 aliphatic heterocycles. The Morgan fingerprint density at radius 3 is 2.50 bits per heavy atom. The van der Waals surface area contributed by atoms with Gasteiger partial charge in [-0.15, -0.1) is 0 Å². The fourth-order valence-corrected chi connectivity index (χ4v) is 1.89. The lowest BCUT2D eigenvalue weighted by atomic mass is 10.0. The number of ether oxygens (including phenoxy) is 1. The fourth-order valence-electron chi connectivity index (χ4n) is 1.89. The number of carbonyl (C=O) groups is 1. The normalized spacial score (nSPS) is 35.7. The van der Waals surface area contributed by atoms with E-state index in [1.54, 1.807) is 14.0 Å². The molecular weight excluding hydrogens is 154 g/mol. The average Bonchev–Trinajstić information content (AvgIpc) is 2.28. The number of carbonyl (C=O) groups excluding carboxylic acids is 1. The number of amides is 1. The zero-order valence-corrected chi connectivity index (χ0v) is 8.26. The second-order valence-corrected chi connectivity index (χ2v) is 3.85. The summed E-state index contributed by atoms with van der Waals surface area (Å²) >= 11 is 0. The Labute approximate surface area is 73.7 Å². The van der Waals surface area contributed by atoms with Crippen LogP contribution in [0.3, 0.4) is 0 Å². The van der Waals surface area contributed by atoms with Crippen molar-refractivity contribution in [2.75, 3.05) is 13.7 Å². The van der Waals surface area contributed by atoms with Gasteiger partial charge in [-0.05, 0) is 20.3 Å². The Morgan fingerprint density at radius 1 is 1.67 bits per heavy atom. The van der Waals surface area contributed by atoms with E-state index in [9.17, 15) is 4.79 Å². The smallest absolute Gasteiger partial charge is 0.219 e. The third kappa shape index (κ3) is 1.61. The predicted molar refractivity (Wildman–Crippen MR) is 46.9 cm³/mol. The molecule has 0 spiro atoms. The van der Waals surface area contributed by atoms with Gasteiger partial charge in [0, 0.05) is 26.6 Å². The highest BCUT2D eigenvalue weighted by Crippen LogP contribution is 2.29. The molecule has 1 aliphatic rings. The van der Waals surface area contributed by atoms with Crippen LogP contribution in [0.4, 0.5) is 0 Å². The lowest BCUT2D eigenvalue weighted by Crippen LogP contribution is -2.35. The Balaban J connectivity index is 2.68. The second-order valence-electron chi connectivity index (χ2n) is 3.85. The van der Waals surface area contributed by atoms with Crippen molar-refractivity contribution in [3.8, 4) is 0 Å². The summed E-state index contributed by atoms with van der Waals surface area (Å²) in [6.07, 6.45) is 0.934. The van der Waals surface area contributed by atoms with Crippen molar-refractivity contribution in [1.29, 1.82) is 0 Å². The summed E-state index contributed by atoms with van der Waals surface area (Å²) < 4.78 is 5.36. The molecule has 0 saturated carbocycles. The van der Waals surface area contributed by atoms with Gasteiger partial charge in [0.15, 0.2) is 0 Å². The minimum atomic E-state index is -0.134. The fraction of sp³-hybridized carbons (Fsp3) is 0.889. The van der Waals surface area contributed by atoms with E-state index in [4.69, 9.17) is 4.74 Å². The largest absolute Gasteiger partial charge is 0.377 e. The highest BCUT2D eigenvalue weighted by atomic mass is 16.5. The third-order valence-electron chi connectivity index (χ3n) is 2.66. The molecule has 0 aromatic rings. The molecule has 2 atom stereocenters. The van der Waals surface area contributed by atoms with E-state index < -0.39 is 0 Å². The molecule has 3 nitrogen and oxygen atoms in total. The third-order valence-corrected chi connectivity index (χ3v) is 2.66. The van der Waals surface area contributed by atoms with Gasteiger partial charge in [0.05, 0.1) is 5.60 Å². The van der Waals surface area contributed by atoms with Crippen LogP contribution in [-0.2, 0) is 9.53 Å². The van der Waals surface area contributed by atoms with Crippen LogP contribution in [0.1, 0.15) is 27.2 Å². The van der Waals surface area contributed by atoms with Crippen molar-refractivity contribution >= 4 is 5.91 Å². The molecule has 1 amide bonds. The zero-order valence-electron chi connectivity index (χ0n) is 8.26. The van der Waals surface area contributed by atoms with Crippen LogP contribution in [-0.4, -0.2) is 36.1 Å². The lowest BCUT2D eigenvalue weighted by molar-refractivity contribution is -0.130. The van der Waals surface area contributed by atoms with Gasteiger partial charge in [-0.1, -0.05) is 0 Å². The van der Waals surface area contributed by atoms with Crippen molar-refractivity contribution in [2.45, 2.75) is 38.8 Å². The average molecular weight is 171 g/mol. The summed E-state index contributed by atoms with van der Waals surface area (Å²) in [5.74, 6) is 0.142.